The number of sulfonamides is 1. The number of nitro benzene ring substituents is 1. The molecule has 0 radical (unpaired) electrons. The number of rotatable bonds is 5. The fourth-order valence-corrected chi connectivity index (χ4v) is 4.30. The Balaban J connectivity index is 2.28. The quantitative estimate of drug-likeness (QED) is 0.654. The number of nitrogens with zero attached hydrogens (tertiary/aromatic N) is 2. The van der Waals surface area contributed by atoms with Crippen LogP contribution in [-0.4, -0.2) is 43.8 Å². The van der Waals surface area contributed by atoms with Crippen molar-refractivity contribution in [1.29, 1.82) is 0 Å². The summed E-state index contributed by atoms with van der Waals surface area (Å²) in [4.78, 5) is 10.2. The predicted molar refractivity (Wildman–Crippen MR) is 78.6 cm³/mol. The van der Waals surface area contributed by atoms with Gasteiger partial charge in [0.1, 0.15) is 0 Å². The normalized spacial score (nSPS) is 20.3. The minimum absolute atomic E-state index is 0.0658. The Morgan fingerprint density at radius 3 is 2.57 bits per heavy atom. The topological polar surface area (TPSA) is 92.6 Å². The van der Waals surface area contributed by atoms with Crippen molar-refractivity contribution < 1.29 is 13.3 Å². The summed E-state index contributed by atoms with van der Waals surface area (Å²) in [6, 6.07) is 4.99. The third-order valence-corrected chi connectivity index (χ3v) is 5.63. The molecule has 0 aromatic heterocycles. The first-order valence-electron chi connectivity index (χ1n) is 6.87. The third-order valence-electron chi connectivity index (χ3n) is 3.67. The average molecular weight is 313 g/mol. The van der Waals surface area contributed by atoms with Gasteiger partial charge in [0.15, 0.2) is 0 Å². The van der Waals surface area contributed by atoms with Gasteiger partial charge in [0.05, 0.1) is 9.82 Å². The van der Waals surface area contributed by atoms with Gasteiger partial charge < -0.3 is 5.32 Å². The first kappa shape index (κ1) is 15.9. The van der Waals surface area contributed by atoms with Crippen LogP contribution in [0.25, 0.3) is 0 Å². The summed E-state index contributed by atoms with van der Waals surface area (Å²) in [6.45, 7) is 1.10. The van der Waals surface area contributed by atoms with Crippen molar-refractivity contribution in [1.82, 2.24) is 9.62 Å². The summed E-state index contributed by atoms with van der Waals surface area (Å²) in [6.07, 6.45) is 2.68. The third kappa shape index (κ3) is 3.39. The molecule has 8 heteroatoms. The molecule has 0 bridgehead atoms. The van der Waals surface area contributed by atoms with Gasteiger partial charge in [-0.15, -0.1) is 0 Å². The lowest BCUT2D eigenvalue weighted by molar-refractivity contribution is -0.384. The van der Waals surface area contributed by atoms with Crippen molar-refractivity contribution in [3.05, 3.63) is 34.4 Å². The number of hydrogen-bond donors (Lipinski definition) is 1. The Morgan fingerprint density at radius 2 is 2.00 bits per heavy atom. The molecular formula is C13H19N3O4S. The molecule has 1 atom stereocenters. The van der Waals surface area contributed by atoms with Gasteiger partial charge in [0.2, 0.25) is 10.0 Å². The van der Waals surface area contributed by atoms with E-state index in [2.05, 4.69) is 5.32 Å². The van der Waals surface area contributed by atoms with Gasteiger partial charge in [0.25, 0.3) is 5.69 Å². The van der Waals surface area contributed by atoms with E-state index in [1.807, 2.05) is 0 Å². The minimum Gasteiger partial charge on any atom is -0.318 e. The predicted octanol–water partition coefficient (Wildman–Crippen LogP) is 1.36. The van der Waals surface area contributed by atoms with Crippen LogP contribution in [0.1, 0.15) is 19.3 Å². The summed E-state index contributed by atoms with van der Waals surface area (Å²) < 4.78 is 26.9. The van der Waals surface area contributed by atoms with Crippen LogP contribution in [0.3, 0.4) is 0 Å². The number of hydrogen-bond acceptors (Lipinski definition) is 5. The van der Waals surface area contributed by atoms with Crippen LogP contribution in [0.2, 0.25) is 0 Å². The van der Waals surface area contributed by atoms with Gasteiger partial charge in [-0.05, 0) is 32.0 Å². The smallest absolute Gasteiger partial charge is 0.269 e. The molecular weight excluding hydrogens is 294 g/mol. The Hall–Kier alpha value is -1.51. The molecule has 116 valence electrons. The molecule has 1 aromatic carbocycles. The van der Waals surface area contributed by atoms with Gasteiger partial charge in [-0.1, -0.05) is 6.42 Å². The molecule has 0 saturated carbocycles. The number of non-ortho nitro benzene ring substituents is 1. The molecule has 0 unspecified atom stereocenters. The van der Waals surface area contributed by atoms with E-state index in [0.29, 0.717) is 13.1 Å². The van der Waals surface area contributed by atoms with E-state index in [4.69, 9.17) is 0 Å². The van der Waals surface area contributed by atoms with E-state index in [1.165, 1.54) is 28.6 Å². The van der Waals surface area contributed by atoms with E-state index >= 15 is 0 Å². The second-order valence-electron chi connectivity index (χ2n) is 5.07. The van der Waals surface area contributed by atoms with E-state index in [-0.39, 0.29) is 16.6 Å². The van der Waals surface area contributed by atoms with Crippen molar-refractivity contribution in [2.24, 2.45) is 0 Å². The first-order chi connectivity index (χ1) is 9.96. The molecule has 1 heterocycles. The lowest BCUT2D eigenvalue weighted by Gasteiger charge is -2.34. The van der Waals surface area contributed by atoms with Crippen LogP contribution in [0.4, 0.5) is 5.69 Å². The van der Waals surface area contributed by atoms with E-state index in [1.54, 1.807) is 7.05 Å². The zero-order valence-electron chi connectivity index (χ0n) is 11.9. The number of nitro groups is 1. The Bertz CT molecular complexity index is 598. The van der Waals surface area contributed by atoms with Gasteiger partial charge >= 0.3 is 0 Å². The van der Waals surface area contributed by atoms with E-state index in [0.717, 1.165) is 19.3 Å². The Morgan fingerprint density at radius 1 is 1.33 bits per heavy atom. The van der Waals surface area contributed by atoms with Crippen LogP contribution in [0.15, 0.2) is 29.2 Å². The van der Waals surface area contributed by atoms with Crippen LogP contribution in [-0.2, 0) is 10.0 Å². The largest absolute Gasteiger partial charge is 0.318 e. The standard InChI is InChI=1S/C13H19N3O4S/c1-14-10-12-4-2-3-9-15(12)21(19,20)13-7-5-11(6-8-13)16(17)18/h5-8,12,14H,2-4,9-10H2,1H3/t12-/m1/s1. The zero-order chi connectivity index (χ0) is 15.5. The molecule has 21 heavy (non-hydrogen) atoms. The highest BCUT2D eigenvalue weighted by atomic mass is 32.2. The highest BCUT2D eigenvalue weighted by Gasteiger charge is 2.33. The van der Waals surface area contributed by atoms with Gasteiger partial charge in [-0.2, -0.15) is 4.31 Å². The minimum atomic E-state index is -3.61. The lowest BCUT2D eigenvalue weighted by Crippen LogP contribution is -2.47. The van der Waals surface area contributed by atoms with Crippen molar-refractivity contribution >= 4 is 15.7 Å². The summed E-state index contributed by atoms with van der Waals surface area (Å²) in [7, 11) is -1.81. The molecule has 1 saturated heterocycles. The zero-order valence-corrected chi connectivity index (χ0v) is 12.7. The molecule has 7 nitrogen and oxygen atoms in total. The molecule has 1 N–H and O–H groups in total. The number of benzene rings is 1. The fourth-order valence-electron chi connectivity index (χ4n) is 2.61. The van der Waals surface area contributed by atoms with Crippen molar-refractivity contribution in [2.75, 3.05) is 20.1 Å². The van der Waals surface area contributed by atoms with Crippen molar-refractivity contribution in [3.8, 4) is 0 Å². The van der Waals surface area contributed by atoms with Crippen molar-refractivity contribution in [2.45, 2.75) is 30.2 Å². The van der Waals surface area contributed by atoms with Crippen molar-refractivity contribution in [3.63, 3.8) is 0 Å². The summed E-state index contributed by atoms with van der Waals surface area (Å²) in [5.74, 6) is 0. The van der Waals surface area contributed by atoms with E-state index in [9.17, 15) is 18.5 Å². The second kappa shape index (κ2) is 6.50. The molecule has 1 aliphatic rings. The molecule has 1 aromatic rings. The molecule has 2 rings (SSSR count). The highest BCUT2D eigenvalue weighted by molar-refractivity contribution is 7.89. The van der Waals surface area contributed by atoms with Gasteiger partial charge in [-0.3, -0.25) is 10.1 Å². The SMILES string of the molecule is CNC[C@H]1CCCCN1S(=O)(=O)c1ccc([N+](=O)[O-])cc1. The maximum atomic E-state index is 12.7. The van der Waals surface area contributed by atoms with E-state index < -0.39 is 14.9 Å². The number of piperidine rings is 1. The lowest BCUT2D eigenvalue weighted by atomic mass is 10.1. The molecule has 0 amide bonds. The average Bonchev–Trinajstić information content (AvgIpc) is 2.48. The van der Waals surface area contributed by atoms with Gasteiger partial charge in [-0.25, -0.2) is 8.42 Å². The maximum Gasteiger partial charge on any atom is 0.269 e. The molecule has 0 spiro atoms. The fraction of sp³-hybridized carbons (Fsp3) is 0.538. The molecule has 1 fully saturated rings. The van der Waals surface area contributed by atoms with Crippen LogP contribution < -0.4 is 5.32 Å². The summed E-state index contributed by atoms with van der Waals surface area (Å²) >= 11 is 0. The summed E-state index contributed by atoms with van der Waals surface area (Å²) in [5.41, 5.74) is -0.112. The maximum absolute atomic E-state index is 12.7. The number of likely N-dealkylation sites (N-methyl/N-ethyl adjacent to an activating group) is 1. The van der Waals surface area contributed by atoms with Crippen LogP contribution in [0.5, 0.6) is 0 Å². The monoisotopic (exact) mass is 313 g/mol. The molecule has 0 aliphatic carbocycles. The second-order valence-corrected chi connectivity index (χ2v) is 6.96. The van der Waals surface area contributed by atoms with Gasteiger partial charge in [0, 0.05) is 31.3 Å². The number of nitrogens with one attached hydrogen (secondary N) is 1. The summed E-state index contributed by atoms with van der Waals surface area (Å²) in [5, 5.41) is 13.7. The van der Waals surface area contributed by atoms with Crippen LogP contribution >= 0.6 is 0 Å². The Labute approximate surface area is 124 Å². The van der Waals surface area contributed by atoms with Crippen LogP contribution in [0, 0.1) is 10.1 Å². The first-order valence-corrected chi connectivity index (χ1v) is 8.31. The Kier molecular flexibility index (Phi) is 4.92. The molecule has 1 aliphatic heterocycles. The highest BCUT2D eigenvalue weighted by Crippen LogP contribution is 2.26.